The molecule has 3 rings (SSSR count). The number of carbonyl (C=O) groups is 1. The molecule has 1 atom stereocenters. The van der Waals surface area contributed by atoms with E-state index in [1.54, 1.807) is 23.1 Å². The number of para-hydroxylation sites is 1. The molecular weight excluding hydrogens is 264 g/mol. The fourth-order valence-electron chi connectivity index (χ4n) is 2.80. The zero-order chi connectivity index (χ0) is 14.8. The third-order valence-electron chi connectivity index (χ3n) is 3.86. The van der Waals surface area contributed by atoms with Crippen molar-refractivity contribution in [3.8, 4) is 5.75 Å². The molecular formula is C17H18N2O2. The van der Waals surface area contributed by atoms with Crippen LogP contribution in [-0.4, -0.2) is 17.6 Å². The SMILES string of the molecule is NC1CCCN(C(=O)c2cccc(O)c2)c2ccccc21. The van der Waals surface area contributed by atoms with E-state index in [4.69, 9.17) is 5.73 Å². The topological polar surface area (TPSA) is 66.6 Å². The van der Waals surface area contributed by atoms with Crippen LogP contribution >= 0.6 is 0 Å². The summed E-state index contributed by atoms with van der Waals surface area (Å²) < 4.78 is 0. The number of rotatable bonds is 1. The molecule has 4 nitrogen and oxygen atoms in total. The predicted molar refractivity (Wildman–Crippen MR) is 82.4 cm³/mol. The van der Waals surface area contributed by atoms with Gasteiger partial charge in [-0.1, -0.05) is 24.3 Å². The molecule has 0 fully saturated rings. The van der Waals surface area contributed by atoms with E-state index in [1.807, 2.05) is 24.3 Å². The molecule has 2 aromatic rings. The Labute approximate surface area is 123 Å². The van der Waals surface area contributed by atoms with E-state index >= 15 is 0 Å². The van der Waals surface area contributed by atoms with Gasteiger partial charge in [0, 0.05) is 23.8 Å². The first-order valence-electron chi connectivity index (χ1n) is 7.12. The second-order valence-electron chi connectivity index (χ2n) is 5.31. The van der Waals surface area contributed by atoms with E-state index in [0.717, 1.165) is 24.1 Å². The number of hydrogen-bond donors (Lipinski definition) is 2. The second-order valence-corrected chi connectivity index (χ2v) is 5.31. The quantitative estimate of drug-likeness (QED) is 0.845. The van der Waals surface area contributed by atoms with Crippen molar-refractivity contribution < 1.29 is 9.90 Å². The molecule has 0 aliphatic carbocycles. The standard InChI is InChI=1S/C17H18N2O2/c18-15-8-4-10-19(16-9-2-1-7-14(15)16)17(21)12-5-3-6-13(20)11-12/h1-3,5-7,9,11,15,20H,4,8,10,18H2. The minimum atomic E-state index is -0.104. The van der Waals surface area contributed by atoms with Crippen molar-refractivity contribution in [1.82, 2.24) is 0 Å². The van der Waals surface area contributed by atoms with E-state index in [9.17, 15) is 9.90 Å². The number of aromatic hydroxyl groups is 1. The van der Waals surface area contributed by atoms with E-state index in [2.05, 4.69) is 0 Å². The highest BCUT2D eigenvalue weighted by molar-refractivity contribution is 6.06. The normalized spacial score (nSPS) is 18.0. The second kappa shape index (κ2) is 5.58. The number of benzene rings is 2. The zero-order valence-corrected chi connectivity index (χ0v) is 11.7. The Hall–Kier alpha value is -2.33. The lowest BCUT2D eigenvalue weighted by molar-refractivity contribution is 0.0986. The van der Waals surface area contributed by atoms with Gasteiger partial charge in [0.05, 0.1) is 0 Å². The van der Waals surface area contributed by atoms with Crippen LogP contribution in [0.25, 0.3) is 0 Å². The highest BCUT2D eigenvalue weighted by Crippen LogP contribution is 2.32. The lowest BCUT2D eigenvalue weighted by Crippen LogP contribution is -2.31. The van der Waals surface area contributed by atoms with Gasteiger partial charge < -0.3 is 15.7 Å². The van der Waals surface area contributed by atoms with Crippen LogP contribution in [0.15, 0.2) is 48.5 Å². The Morgan fingerprint density at radius 1 is 1.19 bits per heavy atom. The molecule has 1 amide bonds. The Kier molecular flexibility index (Phi) is 3.62. The van der Waals surface area contributed by atoms with Crippen LogP contribution in [0.2, 0.25) is 0 Å². The third-order valence-corrected chi connectivity index (χ3v) is 3.86. The fourth-order valence-corrected chi connectivity index (χ4v) is 2.80. The molecule has 0 saturated heterocycles. The van der Waals surface area contributed by atoms with Crippen LogP contribution < -0.4 is 10.6 Å². The van der Waals surface area contributed by atoms with Crippen LogP contribution in [0, 0.1) is 0 Å². The summed E-state index contributed by atoms with van der Waals surface area (Å²) in [4.78, 5) is 14.5. The Bertz CT molecular complexity index is 669. The monoisotopic (exact) mass is 282 g/mol. The number of phenols is 1. The van der Waals surface area contributed by atoms with Crippen molar-refractivity contribution in [3.05, 3.63) is 59.7 Å². The van der Waals surface area contributed by atoms with Crippen molar-refractivity contribution in [3.63, 3.8) is 0 Å². The number of nitrogens with two attached hydrogens (primary N) is 1. The van der Waals surface area contributed by atoms with Gasteiger partial charge in [-0.05, 0) is 42.7 Å². The minimum Gasteiger partial charge on any atom is -0.508 e. The summed E-state index contributed by atoms with van der Waals surface area (Å²) in [5.74, 6) is -0.00638. The molecule has 1 aliphatic rings. The van der Waals surface area contributed by atoms with E-state index < -0.39 is 0 Å². The van der Waals surface area contributed by atoms with Crippen LogP contribution in [0.5, 0.6) is 5.75 Å². The predicted octanol–water partition coefficient (Wildman–Crippen LogP) is 2.83. The Morgan fingerprint density at radius 3 is 2.81 bits per heavy atom. The van der Waals surface area contributed by atoms with E-state index in [-0.39, 0.29) is 17.7 Å². The average Bonchev–Trinajstić information content (AvgIpc) is 2.66. The number of amides is 1. The molecule has 0 radical (unpaired) electrons. The molecule has 21 heavy (non-hydrogen) atoms. The first kappa shape index (κ1) is 13.6. The summed E-state index contributed by atoms with van der Waals surface area (Å²) in [5, 5.41) is 9.56. The van der Waals surface area contributed by atoms with Gasteiger partial charge in [-0.15, -0.1) is 0 Å². The van der Waals surface area contributed by atoms with Gasteiger partial charge >= 0.3 is 0 Å². The summed E-state index contributed by atoms with van der Waals surface area (Å²) in [6.07, 6.45) is 1.72. The fraction of sp³-hybridized carbons (Fsp3) is 0.235. The summed E-state index contributed by atoms with van der Waals surface area (Å²) in [5.41, 5.74) is 8.55. The molecule has 2 aromatic carbocycles. The van der Waals surface area contributed by atoms with Crippen LogP contribution in [0.3, 0.4) is 0 Å². The molecule has 1 unspecified atom stereocenters. The number of phenolic OH excluding ortho intramolecular Hbond substituents is 1. The number of nitrogens with zero attached hydrogens (tertiary/aromatic N) is 1. The molecule has 3 N–H and O–H groups in total. The van der Waals surface area contributed by atoms with Crippen LogP contribution in [0.4, 0.5) is 5.69 Å². The molecule has 0 spiro atoms. The Morgan fingerprint density at radius 2 is 2.00 bits per heavy atom. The highest BCUT2D eigenvalue weighted by Gasteiger charge is 2.25. The Balaban J connectivity index is 2.02. The van der Waals surface area contributed by atoms with Gasteiger partial charge in [-0.3, -0.25) is 4.79 Å². The third kappa shape index (κ3) is 2.62. The highest BCUT2D eigenvalue weighted by atomic mass is 16.3. The molecule has 108 valence electrons. The number of fused-ring (bicyclic) bond motifs is 1. The molecule has 4 heteroatoms. The van der Waals surface area contributed by atoms with Crippen LogP contribution in [0.1, 0.15) is 34.8 Å². The molecule has 0 saturated carbocycles. The lowest BCUT2D eigenvalue weighted by Gasteiger charge is -2.23. The van der Waals surface area contributed by atoms with Gasteiger partial charge in [-0.2, -0.15) is 0 Å². The van der Waals surface area contributed by atoms with Crippen molar-refractivity contribution in [1.29, 1.82) is 0 Å². The van der Waals surface area contributed by atoms with Crippen molar-refractivity contribution in [2.45, 2.75) is 18.9 Å². The summed E-state index contributed by atoms with van der Waals surface area (Å²) in [6.45, 7) is 0.638. The van der Waals surface area contributed by atoms with Gasteiger partial charge in [-0.25, -0.2) is 0 Å². The summed E-state index contributed by atoms with van der Waals surface area (Å²) in [6, 6.07) is 14.2. The minimum absolute atomic E-state index is 0.0387. The molecule has 0 bridgehead atoms. The maximum absolute atomic E-state index is 12.7. The maximum Gasteiger partial charge on any atom is 0.258 e. The first-order valence-corrected chi connectivity index (χ1v) is 7.12. The molecule has 1 heterocycles. The van der Waals surface area contributed by atoms with Crippen molar-refractivity contribution >= 4 is 11.6 Å². The van der Waals surface area contributed by atoms with Crippen molar-refractivity contribution in [2.24, 2.45) is 5.73 Å². The first-order chi connectivity index (χ1) is 10.2. The summed E-state index contributed by atoms with van der Waals surface area (Å²) >= 11 is 0. The van der Waals surface area contributed by atoms with E-state index in [1.165, 1.54) is 6.07 Å². The zero-order valence-electron chi connectivity index (χ0n) is 11.7. The van der Waals surface area contributed by atoms with Gasteiger partial charge in [0.2, 0.25) is 0 Å². The number of carbonyl (C=O) groups excluding carboxylic acids is 1. The van der Waals surface area contributed by atoms with Gasteiger partial charge in [0.25, 0.3) is 5.91 Å². The average molecular weight is 282 g/mol. The van der Waals surface area contributed by atoms with E-state index in [0.29, 0.717) is 12.1 Å². The van der Waals surface area contributed by atoms with Crippen LogP contribution in [-0.2, 0) is 0 Å². The number of hydrogen-bond acceptors (Lipinski definition) is 3. The molecule has 1 aliphatic heterocycles. The maximum atomic E-state index is 12.7. The summed E-state index contributed by atoms with van der Waals surface area (Å²) in [7, 11) is 0. The smallest absolute Gasteiger partial charge is 0.258 e. The largest absolute Gasteiger partial charge is 0.508 e. The van der Waals surface area contributed by atoms with Gasteiger partial charge in [0.1, 0.15) is 5.75 Å². The van der Waals surface area contributed by atoms with Crippen molar-refractivity contribution in [2.75, 3.05) is 11.4 Å². The lowest BCUT2D eigenvalue weighted by atomic mass is 10.0. The number of anilines is 1. The van der Waals surface area contributed by atoms with Gasteiger partial charge in [0.15, 0.2) is 0 Å². The molecule has 0 aromatic heterocycles.